The molecule has 0 amide bonds. The Labute approximate surface area is 90.5 Å². The third-order valence-electron chi connectivity index (χ3n) is 2.32. The van der Waals surface area contributed by atoms with E-state index in [9.17, 15) is 9.59 Å². The summed E-state index contributed by atoms with van der Waals surface area (Å²) >= 11 is 0. The number of hydrogen-bond donors (Lipinski definition) is 0. The zero-order valence-corrected chi connectivity index (χ0v) is 9.62. The van der Waals surface area contributed by atoms with Crippen molar-refractivity contribution in [3.63, 3.8) is 0 Å². The third kappa shape index (κ3) is 6.78. The van der Waals surface area contributed by atoms with Crippen LogP contribution in [0.15, 0.2) is 9.98 Å². The van der Waals surface area contributed by atoms with Gasteiger partial charge in [0.05, 0.1) is 13.1 Å². The number of rotatable bonds is 7. The lowest BCUT2D eigenvalue weighted by atomic mass is 9.79. The molecule has 0 aromatic carbocycles. The summed E-state index contributed by atoms with van der Waals surface area (Å²) in [7, 11) is 0. The monoisotopic (exact) mass is 210 g/mol. The van der Waals surface area contributed by atoms with E-state index in [1.165, 1.54) is 6.08 Å². The molecule has 0 aliphatic rings. The van der Waals surface area contributed by atoms with Crippen LogP contribution in [0.1, 0.15) is 33.6 Å². The standard InChI is InChI=1S/C11H18N2O2/c1-10(2)6-11(3,7-13-9-15)4-5-12-8-14/h10H,4-7H2,1-3H3. The number of aliphatic imine (C=N–C) groups is 2. The predicted molar refractivity (Wildman–Crippen MR) is 58.2 cm³/mol. The minimum Gasteiger partial charge on any atom is -0.211 e. The summed E-state index contributed by atoms with van der Waals surface area (Å²) in [6.07, 6.45) is 4.76. The Morgan fingerprint density at radius 2 is 1.80 bits per heavy atom. The van der Waals surface area contributed by atoms with Crippen LogP contribution in [0.5, 0.6) is 0 Å². The van der Waals surface area contributed by atoms with Crippen molar-refractivity contribution in [1.29, 1.82) is 0 Å². The fraction of sp³-hybridized carbons (Fsp3) is 0.818. The lowest BCUT2D eigenvalue weighted by Gasteiger charge is -2.28. The van der Waals surface area contributed by atoms with Gasteiger partial charge in [-0.05, 0) is 24.2 Å². The normalized spacial score (nSPS) is 13.9. The van der Waals surface area contributed by atoms with Crippen LogP contribution in [-0.4, -0.2) is 25.2 Å². The molecule has 1 unspecified atom stereocenters. The van der Waals surface area contributed by atoms with Crippen molar-refractivity contribution in [2.75, 3.05) is 13.1 Å². The second kappa shape index (κ2) is 7.10. The lowest BCUT2D eigenvalue weighted by molar-refractivity contribution is 0.251. The van der Waals surface area contributed by atoms with Gasteiger partial charge in [-0.1, -0.05) is 20.8 Å². The van der Waals surface area contributed by atoms with E-state index >= 15 is 0 Å². The van der Waals surface area contributed by atoms with Crippen LogP contribution in [0.25, 0.3) is 0 Å². The minimum atomic E-state index is -0.0775. The molecule has 0 saturated heterocycles. The molecule has 0 spiro atoms. The van der Waals surface area contributed by atoms with Crippen LogP contribution in [0, 0.1) is 11.3 Å². The van der Waals surface area contributed by atoms with Crippen molar-refractivity contribution in [1.82, 2.24) is 0 Å². The molecular formula is C11H18N2O2. The molecule has 0 N–H and O–H groups in total. The smallest absolute Gasteiger partial charge is 0.211 e. The van der Waals surface area contributed by atoms with Crippen molar-refractivity contribution in [3.8, 4) is 0 Å². The molecule has 0 radical (unpaired) electrons. The van der Waals surface area contributed by atoms with E-state index < -0.39 is 0 Å². The van der Waals surface area contributed by atoms with E-state index in [0.29, 0.717) is 19.0 Å². The second-order valence-corrected chi connectivity index (χ2v) is 4.54. The van der Waals surface area contributed by atoms with E-state index in [1.807, 2.05) is 6.92 Å². The SMILES string of the molecule is CC(C)CC(C)(CCN=C=O)CN=C=O. The van der Waals surface area contributed by atoms with Gasteiger partial charge in [-0.2, -0.15) is 0 Å². The Kier molecular flexibility index (Phi) is 6.52. The van der Waals surface area contributed by atoms with Crippen LogP contribution >= 0.6 is 0 Å². The van der Waals surface area contributed by atoms with E-state index in [4.69, 9.17) is 0 Å². The summed E-state index contributed by atoms with van der Waals surface area (Å²) in [6, 6.07) is 0. The summed E-state index contributed by atoms with van der Waals surface area (Å²) in [5, 5.41) is 0. The van der Waals surface area contributed by atoms with Gasteiger partial charge in [0.1, 0.15) is 0 Å². The van der Waals surface area contributed by atoms with Gasteiger partial charge in [-0.25, -0.2) is 19.6 Å². The second-order valence-electron chi connectivity index (χ2n) is 4.54. The highest BCUT2D eigenvalue weighted by molar-refractivity contribution is 5.33. The number of nitrogens with zero attached hydrogens (tertiary/aromatic N) is 2. The molecule has 84 valence electrons. The summed E-state index contributed by atoms with van der Waals surface area (Å²) in [5.41, 5.74) is -0.0775. The zero-order valence-electron chi connectivity index (χ0n) is 9.62. The predicted octanol–water partition coefficient (Wildman–Crippen LogP) is 2.10. The number of isocyanates is 2. The van der Waals surface area contributed by atoms with Gasteiger partial charge in [0.15, 0.2) is 0 Å². The fourth-order valence-corrected chi connectivity index (χ4v) is 1.83. The summed E-state index contributed by atoms with van der Waals surface area (Å²) < 4.78 is 0. The molecule has 0 aromatic rings. The molecule has 0 aliphatic carbocycles. The quantitative estimate of drug-likeness (QED) is 0.477. The van der Waals surface area contributed by atoms with Crippen molar-refractivity contribution < 1.29 is 9.59 Å². The van der Waals surface area contributed by atoms with Gasteiger partial charge in [-0.15, -0.1) is 0 Å². The molecule has 0 bridgehead atoms. The molecule has 4 nitrogen and oxygen atoms in total. The number of hydrogen-bond acceptors (Lipinski definition) is 4. The van der Waals surface area contributed by atoms with Crippen LogP contribution in [0.4, 0.5) is 0 Å². The highest BCUT2D eigenvalue weighted by Crippen LogP contribution is 2.30. The molecule has 4 heteroatoms. The Bertz CT molecular complexity index is 276. The first-order valence-electron chi connectivity index (χ1n) is 5.11. The average Bonchev–Trinajstić information content (AvgIpc) is 2.14. The van der Waals surface area contributed by atoms with Crippen molar-refractivity contribution in [2.45, 2.75) is 33.6 Å². The van der Waals surface area contributed by atoms with E-state index in [0.717, 1.165) is 12.8 Å². The minimum absolute atomic E-state index is 0.0775. The average molecular weight is 210 g/mol. The summed E-state index contributed by atoms with van der Waals surface area (Å²) in [5.74, 6) is 0.525. The van der Waals surface area contributed by atoms with Crippen molar-refractivity contribution in [3.05, 3.63) is 0 Å². The van der Waals surface area contributed by atoms with Crippen molar-refractivity contribution >= 4 is 12.2 Å². The first kappa shape index (κ1) is 13.8. The van der Waals surface area contributed by atoms with Gasteiger partial charge >= 0.3 is 0 Å². The fourth-order valence-electron chi connectivity index (χ4n) is 1.83. The summed E-state index contributed by atoms with van der Waals surface area (Å²) in [4.78, 5) is 27.2. The molecule has 0 heterocycles. The van der Waals surface area contributed by atoms with E-state index in [1.54, 1.807) is 6.08 Å². The molecule has 15 heavy (non-hydrogen) atoms. The van der Waals surface area contributed by atoms with Gasteiger partial charge in [0.2, 0.25) is 12.2 Å². The van der Waals surface area contributed by atoms with Gasteiger partial charge in [0.25, 0.3) is 0 Å². The molecule has 0 rings (SSSR count). The van der Waals surface area contributed by atoms with Gasteiger partial charge in [0, 0.05) is 0 Å². The Balaban J connectivity index is 4.37. The van der Waals surface area contributed by atoms with Gasteiger partial charge in [-0.3, -0.25) is 0 Å². The molecular weight excluding hydrogens is 192 g/mol. The Hall–Kier alpha value is -1.24. The highest BCUT2D eigenvalue weighted by Gasteiger charge is 2.24. The molecule has 0 fully saturated rings. The maximum absolute atomic E-state index is 10.1. The van der Waals surface area contributed by atoms with Crippen molar-refractivity contribution in [2.24, 2.45) is 21.3 Å². The first-order valence-corrected chi connectivity index (χ1v) is 5.11. The van der Waals surface area contributed by atoms with Crippen LogP contribution in [0.2, 0.25) is 0 Å². The third-order valence-corrected chi connectivity index (χ3v) is 2.32. The summed E-state index contributed by atoms with van der Waals surface area (Å²) in [6.45, 7) is 7.18. The maximum atomic E-state index is 10.1. The van der Waals surface area contributed by atoms with E-state index in [2.05, 4.69) is 23.8 Å². The lowest BCUT2D eigenvalue weighted by Crippen LogP contribution is -2.23. The molecule has 1 atom stereocenters. The number of carbonyl (C=O) groups excluding carboxylic acids is 2. The zero-order chi connectivity index (χ0) is 11.7. The Morgan fingerprint density at radius 3 is 2.27 bits per heavy atom. The van der Waals surface area contributed by atoms with E-state index in [-0.39, 0.29) is 5.41 Å². The first-order chi connectivity index (χ1) is 7.04. The molecule has 0 aliphatic heterocycles. The van der Waals surface area contributed by atoms with Crippen LogP contribution in [-0.2, 0) is 9.59 Å². The largest absolute Gasteiger partial charge is 0.234 e. The highest BCUT2D eigenvalue weighted by atomic mass is 16.1. The van der Waals surface area contributed by atoms with Gasteiger partial charge < -0.3 is 0 Å². The molecule has 0 saturated carbocycles. The van der Waals surface area contributed by atoms with Crippen LogP contribution in [0.3, 0.4) is 0 Å². The van der Waals surface area contributed by atoms with Crippen LogP contribution < -0.4 is 0 Å². The Morgan fingerprint density at radius 1 is 1.20 bits per heavy atom. The maximum Gasteiger partial charge on any atom is 0.234 e. The topological polar surface area (TPSA) is 58.9 Å². The molecule has 0 aromatic heterocycles.